The molecule has 1 heterocycles. The third-order valence-corrected chi connectivity index (χ3v) is 2.74. The molecule has 1 atom stereocenters. The zero-order chi connectivity index (χ0) is 12.3. The Kier molecular flexibility index (Phi) is 3.54. The maximum absolute atomic E-state index is 5.51. The Bertz CT molecular complexity index is 493. The highest BCUT2D eigenvalue weighted by Crippen LogP contribution is 2.21. The molecule has 17 heavy (non-hydrogen) atoms. The molecular formula is C13H17N3O. The summed E-state index contributed by atoms with van der Waals surface area (Å²) in [4.78, 5) is 4.41. The van der Waals surface area contributed by atoms with Gasteiger partial charge in [-0.3, -0.25) is 0 Å². The van der Waals surface area contributed by atoms with Gasteiger partial charge in [-0.25, -0.2) is 0 Å². The fourth-order valence-electron chi connectivity index (χ4n) is 1.71. The van der Waals surface area contributed by atoms with Gasteiger partial charge in [0.2, 0.25) is 11.7 Å². The molecule has 0 aliphatic carbocycles. The van der Waals surface area contributed by atoms with Crippen molar-refractivity contribution in [3.63, 3.8) is 0 Å². The van der Waals surface area contributed by atoms with Gasteiger partial charge in [-0.2, -0.15) is 4.98 Å². The second kappa shape index (κ2) is 5.10. The van der Waals surface area contributed by atoms with Crippen LogP contribution >= 0.6 is 0 Å². The first kappa shape index (κ1) is 11.8. The molecule has 1 aromatic carbocycles. The summed E-state index contributed by atoms with van der Waals surface area (Å²) in [5.74, 6) is 1.52. The van der Waals surface area contributed by atoms with Crippen molar-refractivity contribution in [1.29, 1.82) is 0 Å². The number of hydrogen-bond acceptors (Lipinski definition) is 4. The van der Waals surface area contributed by atoms with Crippen LogP contribution in [0.3, 0.4) is 0 Å². The second-order valence-corrected chi connectivity index (χ2v) is 4.30. The van der Waals surface area contributed by atoms with Crippen LogP contribution in [0.2, 0.25) is 0 Å². The highest BCUT2D eigenvalue weighted by Gasteiger charge is 2.14. The van der Waals surface area contributed by atoms with E-state index in [-0.39, 0.29) is 5.92 Å². The van der Waals surface area contributed by atoms with Crippen LogP contribution < -0.4 is 5.73 Å². The molecule has 0 radical (unpaired) electrons. The maximum atomic E-state index is 5.51. The van der Waals surface area contributed by atoms with Crippen molar-refractivity contribution in [2.75, 3.05) is 6.54 Å². The molecule has 2 aromatic rings. The topological polar surface area (TPSA) is 64.9 Å². The van der Waals surface area contributed by atoms with E-state index in [1.165, 1.54) is 5.56 Å². The van der Waals surface area contributed by atoms with Gasteiger partial charge in [0.15, 0.2) is 0 Å². The summed E-state index contributed by atoms with van der Waals surface area (Å²) >= 11 is 0. The molecular weight excluding hydrogens is 214 g/mol. The number of rotatable bonds is 4. The SMILES string of the molecule is Cc1cccc(-c2noc(C(C)CCN)n2)c1. The average molecular weight is 231 g/mol. The van der Waals surface area contributed by atoms with E-state index in [1.807, 2.05) is 38.1 Å². The van der Waals surface area contributed by atoms with Crippen LogP contribution in [0.25, 0.3) is 11.4 Å². The van der Waals surface area contributed by atoms with Gasteiger partial charge in [-0.1, -0.05) is 35.8 Å². The zero-order valence-corrected chi connectivity index (χ0v) is 10.2. The van der Waals surface area contributed by atoms with Gasteiger partial charge in [0.25, 0.3) is 0 Å². The van der Waals surface area contributed by atoms with Gasteiger partial charge in [0.1, 0.15) is 0 Å². The third kappa shape index (κ3) is 2.71. The van der Waals surface area contributed by atoms with Gasteiger partial charge in [0.05, 0.1) is 0 Å². The Morgan fingerprint density at radius 2 is 2.24 bits per heavy atom. The zero-order valence-electron chi connectivity index (χ0n) is 10.2. The minimum atomic E-state index is 0.214. The van der Waals surface area contributed by atoms with Crippen LogP contribution in [0.15, 0.2) is 28.8 Å². The lowest BCUT2D eigenvalue weighted by molar-refractivity contribution is 0.355. The predicted molar refractivity (Wildman–Crippen MR) is 66.6 cm³/mol. The Morgan fingerprint density at radius 1 is 1.41 bits per heavy atom. The van der Waals surface area contributed by atoms with Crippen molar-refractivity contribution in [2.45, 2.75) is 26.2 Å². The van der Waals surface area contributed by atoms with E-state index in [2.05, 4.69) is 10.1 Å². The molecule has 1 unspecified atom stereocenters. The molecule has 2 rings (SSSR count). The first-order valence-electron chi connectivity index (χ1n) is 5.81. The molecule has 1 aromatic heterocycles. The van der Waals surface area contributed by atoms with Crippen molar-refractivity contribution in [1.82, 2.24) is 10.1 Å². The Hall–Kier alpha value is -1.68. The van der Waals surface area contributed by atoms with Crippen LogP contribution in [0.4, 0.5) is 0 Å². The summed E-state index contributed by atoms with van der Waals surface area (Å²) in [6.45, 7) is 4.71. The Labute approximate surface area is 101 Å². The average Bonchev–Trinajstić information content (AvgIpc) is 2.78. The lowest BCUT2D eigenvalue weighted by Gasteiger charge is -2.01. The first-order chi connectivity index (χ1) is 8.20. The molecule has 2 N–H and O–H groups in total. The van der Waals surface area contributed by atoms with E-state index < -0.39 is 0 Å². The minimum Gasteiger partial charge on any atom is -0.339 e. The van der Waals surface area contributed by atoms with Gasteiger partial charge in [0, 0.05) is 11.5 Å². The molecule has 0 amide bonds. The molecule has 4 nitrogen and oxygen atoms in total. The number of nitrogens with two attached hydrogens (primary N) is 1. The van der Waals surface area contributed by atoms with Crippen molar-refractivity contribution >= 4 is 0 Å². The van der Waals surface area contributed by atoms with E-state index in [4.69, 9.17) is 10.3 Å². The lowest BCUT2D eigenvalue weighted by Crippen LogP contribution is -2.04. The number of hydrogen-bond donors (Lipinski definition) is 1. The molecule has 0 aliphatic rings. The molecule has 0 spiro atoms. The monoisotopic (exact) mass is 231 g/mol. The fourth-order valence-corrected chi connectivity index (χ4v) is 1.71. The first-order valence-corrected chi connectivity index (χ1v) is 5.81. The number of aromatic nitrogens is 2. The molecule has 90 valence electrons. The smallest absolute Gasteiger partial charge is 0.229 e. The molecule has 0 bridgehead atoms. The second-order valence-electron chi connectivity index (χ2n) is 4.30. The quantitative estimate of drug-likeness (QED) is 0.878. The molecule has 4 heteroatoms. The fraction of sp³-hybridized carbons (Fsp3) is 0.385. The highest BCUT2D eigenvalue weighted by molar-refractivity contribution is 5.55. The summed E-state index contributed by atoms with van der Waals surface area (Å²) < 4.78 is 5.26. The maximum Gasteiger partial charge on any atom is 0.229 e. The van der Waals surface area contributed by atoms with Crippen LogP contribution in [-0.2, 0) is 0 Å². The van der Waals surface area contributed by atoms with Crippen LogP contribution in [0.5, 0.6) is 0 Å². The summed E-state index contributed by atoms with van der Waals surface area (Å²) in [5.41, 5.74) is 7.68. The van der Waals surface area contributed by atoms with Crippen LogP contribution in [0.1, 0.15) is 30.7 Å². The normalized spacial score (nSPS) is 12.6. The number of nitrogens with zero attached hydrogens (tertiary/aromatic N) is 2. The summed E-state index contributed by atoms with van der Waals surface area (Å²) in [7, 11) is 0. The third-order valence-electron chi connectivity index (χ3n) is 2.74. The number of aryl methyl sites for hydroxylation is 1. The van der Waals surface area contributed by atoms with E-state index in [0.717, 1.165) is 12.0 Å². The molecule has 0 saturated carbocycles. The van der Waals surface area contributed by atoms with Gasteiger partial charge >= 0.3 is 0 Å². The van der Waals surface area contributed by atoms with Crippen molar-refractivity contribution in [2.24, 2.45) is 5.73 Å². The van der Waals surface area contributed by atoms with Crippen LogP contribution in [0, 0.1) is 6.92 Å². The largest absolute Gasteiger partial charge is 0.339 e. The predicted octanol–water partition coefficient (Wildman–Crippen LogP) is 2.50. The Balaban J connectivity index is 2.23. The summed E-state index contributed by atoms with van der Waals surface area (Å²) in [5, 5.41) is 4.00. The highest BCUT2D eigenvalue weighted by atomic mass is 16.5. The van der Waals surface area contributed by atoms with Crippen molar-refractivity contribution in [3.05, 3.63) is 35.7 Å². The molecule has 0 aliphatic heterocycles. The Morgan fingerprint density at radius 3 is 2.94 bits per heavy atom. The van der Waals surface area contributed by atoms with Gasteiger partial charge < -0.3 is 10.3 Å². The van der Waals surface area contributed by atoms with Crippen molar-refractivity contribution < 1.29 is 4.52 Å². The minimum absolute atomic E-state index is 0.214. The number of benzene rings is 1. The van der Waals surface area contributed by atoms with E-state index >= 15 is 0 Å². The summed E-state index contributed by atoms with van der Waals surface area (Å²) in [6.07, 6.45) is 0.857. The van der Waals surface area contributed by atoms with Crippen LogP contribution in [-0.4, -0.2) is 16.7 Å². The van der Waals surface area contributed by atoms with Gasteiger partial charge in [-0.05, 0) is 26.0 Å². The van der Waals surface area contributed by atoms with E-state index in [1.54, 1.807) is 0 Å². The van der Waals surface area contributed by atoms with Gasteiger partial charge in [-0.15, -0.1) is 0 Å². The standard InChI is InChI=1S/C13H17N3O/c1-9-4-3-5-11(8-9)12-15-13(17-16-12)10(2)6-7-14/h3-5,8,10H,6-7,14H2,1-2H3. The summed E-state index contributed by atoms with van der Waals surface area (Å²) in [6, 6.07) is 8.06. The molecule has 0 saturated heterocycles. The van der Waals surface area contributed by atoms with E-state index in [0.29, 0.717) is 18.3 Å². The van der Waals surface area contributed by atoms with Crippen molar-refractivity contribution in [3.8, 4) is 11.4 Å². The molecule has 0 fully saturated rings. The van der Waals surface area contributed by atoms with E-state index in [9.17, 15) is 0 Å². The lowest BCUT2D eigenvalue weighted by atomic mass is 10.1.